The summed E-state index contributed by atoms with van der Waals surface area (Å²) in [5, 5.41) is 6.39. The monoisotopic (exact) mass is 644 g/mol. The molecule has 0 aliphatic carbocycles. The average molecular weight is 646 g/mol. The normalized spacial score (nSPS) is 17.0. The molecule has 2 aromatic carbocycles. The summed E-state index contributed by atoms with van der Waals surface area (Å²) in [6.07, 6.45) is 3.42. The molecule has 2 aliphatic rings. The fraction of sp³-hybridized carbons (Fsp3) is 0.419. The van der Waals surface area contributed by atoms with Crippen molar-refractivity contribution < 1.29 is 23.5 Å². The van der Waals surface area contributed by atoms with Gasteiger partial charge in [0.05, 0.1) is 24.6 Å². The van der Waals surface area contributed by atoms with Gasteiger partial charge in [-0.1, -0.05) is 23.2 Å². The fourth-order valence-electron chi connectivity index (χ4n) is 5.17. The Morgan fingerprint density at radius 2 is 1.70 bits per heavy atom. The lowest BCUT2D eigenvalue weighted by molar-refractivity contribution is 0.0520. The number of morpholine rings is 1. The summed E-state index contributed by atoms with van der Waals surface area (Å²) in [5.41, 5.74) is 1.29. The van der Waals surface area contributed by atoms with Gasteiger partial charge < -0.3 is 29.9 Å². The van der Waals surface area contributed by atoms with Crippen LogP contribution >= 0.6 is 23.2 Å². The number of benzene rings is 2. The predicted octanol–water partition coefficient (Wildman–Crippen LogP) is 6.03. The number of carbonyl (C=O) groups is 2. The Hall–Kier alpha value is -3.67. The Kier molecular flexibility index (Phi) is 9.77. The molecule has 1 aromatic heterocycles. The van der Waals surface area contributed by atoms with Crippen molar-refractivity contribution in [2.75, 3.05) is 61.1 Å². The first-order valence-electron chi connectivity index (χ1n) is 14.4. The largest absolute Gasteiger partial charge is 0.444 e. The van der Waals surface area contributed by atoms with Gasteiger partial charge in [0.15, 0.2) is 0 Å². The standard InChI is InChI=1S/C31H35Cl2FN6O4/c1-31(2,3)44-30(42)37-15-19-4-5-40(18-19)27-14-25(34)24(21-16-35-29(36-17-21)39-6-8-43-9-7-39)13-26(27)38-28(41)20-10-22(32)12-23(33)11-20/h10-14,16-17,19H,4-9,15,18H2,1-3H3,(H,37,42)(H,38,41). The van der Waals surface area contributed by atoms with Crippen LogP contribution in [0.15, 0.2) is 42.7 Å². The van der Waals surface area contributed by atoms with Crippen LogP contribution in [0.1, 0.15) is 37.6 Å². The lowest BCUT2D eigenvalue weighted by atomic mass is 10.1. The second-order valence-corrected chi connectivity index (χ2v) is 12.7. The second kappa shape index (κ2) is 13.5. The summed E-state index contributed by atoms with van der Waals surface area (Å²) < 4.78 is 26.5. The zero-order valence-electron chi connectivity index (χ0n) is 24.8. The minimum atomic E-state index is -0.598. The first-order valence-corrected chi connectivity index (χ1v) is 15.2. The lowest BCUT2D eigenvalue weighted by Crippen LogP contribution is -2.37. The number of hydrogen-bond donors (Lipinski definition) is 2. The van der Waals surface area contributed by atoms with Crippen molar-refractivity contribution in [1.82, 2.24) is 15.3 Å². The molecule has 0 saturated carbocycles. The third kappa shape index (κ3) is 8.08. The van der Waals surface area contributed by atoms with Crippen molar-refractivity contribution in [2.24, 2.45) is 5.92 Å². The van der Waals surface area contributed by atoms with Gasteiger partial charge >= 0.3 is 6.09 Å². The number of alkyl carbamates (subject to hydrolysis) is 1. The average Bonchev–Trinajstić information content (AvgIpc) is 3.45. The third-order valence-electron chi connectivity index (χ3n) is 7.26. The Morgan fingerprint density at radius 3 is 2.36 bits per heavy atom. The molecule has 0 spiro atoms. The summed E-state index contributed by atoms with van der Waals surface area (Å²) >= 11 is 12.3. The molecule has 2 aliphatic heterocycles. The van der Waals surface area contributed by atoms with Crippen LogP contribution in [0.4, 0.5) is 26.5 Å². The van der Waals surface area contributed by atoms with Crippen molar-refractivity contribution in [3.8, 4) is 11.1 Å². The number of ether oxygens (including phenoxy) is 2. The molecule has 1 unspecified atom stereocenters. The van der Waals surface area contributed by atoms with E-state index >= 15 is 4.39 Å². The van der Waals surface area contributed by atoms with E-state index in [-0.39, 0.29) is 17.0 Å². The molecule has 234 valence electrons. The molecule has 44 heavy (non-hydrogen) atoms. The van der Waals surface area contributed by atoms with Gasteiger partial charge in [0.2, 0.25) is 5.95 Å². The quantitative estimate of drug-likeness (QED) is 0.321. The van der Waals surface area contributed by atoms with Gasteiger partial charge in [-0.05, 0) is 63.4 Å². The number of carbonyl (C=O) groups excluding carboxylic acids is 2. The Labute approximate surface area is 265 Å². The molecule has 3 aromatic rings. The van der Waals surface area contributed by atoms with Crippen LogP contribution in [0.25, 0.3) is 11.1 Å². The van der Waals surface area contributed by atoms with Gasteiger partial charge in [0.1, 0.15) is 11.4 Å². The number of nitrogens with zero attached hydrogens (tertiary/aromatic N) is 4. The van der Waals surface area contributed by atoms with Crippen LogP contribution in [0.2, 0.25) is 10.0 Å². The minimum absolute atomic E-state index is 0.0988. The van der Waals surface area contributed by atoms with Gasteiger partial charge in [-0.25, -0.2) is 19.2 Å². The van der Waals surface area contributed by atoms with Crippen LogP contribution in [0, 0.1) is 11.7 Å². The molecular formula is C31H35Cl2FN6O4. The van der Waals surface area contributed by atoms with Crippen LogP contribution in [-0.4, -0.2) is 73.5 Å². The molecule has 10 nitrogen and oxygen atoms in total. The highest BCUT2D eigenvalue weighted by molar-refractivity contribution is 6.35. The van der Waals surface area contributed by atoms with E-state index in [9.17, 15) is 9.59 Å². The van der Waals surface area contributed by atoms with Crippen LogP contribution < -0.4 is 20.4 Å². The van der Waals surface area contributed by atoms with E-state index in [0.29, 0.717) is 78.9 Å². The minimum Gasteiger partial charge on any atom is -0.444 e. The van der Waals surface area contributed by atoms with Crippen molar-refractivity contribution in [3.05, 3.63) is 64.2 Å². The van der Waals surface area contributed by atoms with Crippen LogP contribution in [-0.2, 0) is 9.47 Å². The molecule has 2 saturated heterocycles. The smallest absolute Gasteiger partial charge is 0.407 e. The van der Waals surface area contributed by atoms with Crippen LogP contribution in [0.5, 0.6) is 0 Å². The molecule has 1 atom stereocenters. The van der Waals surface area contributed by atoms with E-state index in [1.807, 2.05) is 9.80 Å². The zero-order chi connectivity index (χ0) is 31.4. The second-order valence-electron chi connectivity index (χ2n) is 11.8. The predicted molar refractivity (Wildman–Crippen MR) is 169 cm³/mol. The molecule has 2 fully saturated rings. The van der Waals surface area contributed by atoms with Crippen molar-refractivity contribution >= 4 is 52.5 Å². The maximum absolute atomic E-state index is 15.8. The molecule has 5 rings (SSSR count). The van der Waals surface area contributed by atoms with E-state index in [1.165, 1.54) is 24.3 Å². The number of nitrogens with one attached hydrogen (secondary N) is 2. The van der Waals surface area contributed by atoms with Crippen molar-refractivity contribution in [1.29, 1.82) is 0 Å². The first kappa shape index (κ1) is 31.7. The topological polar surface area (TPSA) is 109 Å². The van der Waals surface area contributed by atoms with Crippen molar-refractivity contribution in [2.45, 2.75) is 32.8 Å². The zero-order valence-corrected chi connectivity index (χ0v) is 26.3. The van der Waals surface area contributed by atoms with Gasteiger partial charge in [-0.3, -0.25) is 4.79 Å². The van der Waals surface area contributed by atoms with E-state index < -0.39 is 23.4 Å². The lowest BCUT2D eigenvalue weighted by Gasteiger charge is -2.26. The van der Waals surface area contributed by atoms with E-state index in [2.05, 4.69) is 20.6 Å². The number of anilines is 3. The first-order chi connectivity index (χ1) is 20.9. The highest BCUT2D eigenvalue weighted by Crippen LogP contribution is 2.37. The molecule has 2 amide bonds. The third-order valence-corrected chi connectivity index (χ3v) is 7.70. The molecular weight excluding hydrogens is 610 g/mol. The highest BCUT2D eigenvalue weighted by atomic mass is 35.5. The maximum Gasteiger partial charge on any atom is 0.407 e. The number of halogens is 3. The summed E-state index contributed by atoms with van der Waals surface area (Å²) in [5.74, 6) is -0.290. The maximum atomic E-state index is 15.8. The van der Waals surface area contributed by atoms with Gasteiger partial charge in [0, 0.05) is 71.9 Å². The molecule has 0 bridgehead atoms. The summed E-state index contributed by atoms with van der Waals surface area (Å²) in [4.78, 5) is 38.5. The summed E-state index contributed by atoms with van der Waals surface area (Å²) in [7, 11) is 0. The number of hydrogen-bond acceptors (Lipinski definition) is 8. The SMILES string of the molecule is CC(C)(C)OC(=O)NCC1CCN(c2cc(F)c(-c3cnc(N4CCOCC4)nc3)cc2NC(=O)c2cc(Cl)cc(Cl)c2)C1. The van der Waals surface area contributed by atoms with Gasteiger partial charge in [0.25, 0.3) is 5.91 Å². The molecule has 3 heterocycles. The summed E-state index contributed by atoms with van der Waals surface area (Å²) in [6.45, 7) is 9.50. The van der Waals surface area contributed by atoms with E-state index in [0.717, 1.165) is 6.42 Å². The molecule has 2 N–H and O–H groups in total. The molecule has 0 radical (unpaired) electrons. The van der Waals surface area contributed by atoms with Gasteiger partial charge in [-0.2, -0.15) is 0 Å². The Morgan fingerprint density at radius 1 is 1.02 bits per heavy atom. The van der Waals surface area contributed by atoms with Crippen molar-refractivity contribution in [3.63, 3.8) is 0 Å². The van der Waals surface area contributed by atoms with E-state index in [1.54, 1.807) is 39.2 Å². The number of rotatable bonds is 7. The molecule has 13 heteroatoms. The van der Waals surface area contributed by atoms with E-state index in [4.69, 9.17) is 32.7 Å². The Balaban J connectivity index is 1.40. The fourth-order valence-corrected chi connectivity index (χ4v) is 5.70. The van der Waals surface area contributed by atoms with Crippen LogP contribution in [0.3, 0.4) is 0 Å². The number of amides is 2. The Bertz CT molecular complexity index is 1490. The number of aromatic nitrogens is 2. The highest BCUT2D eigenvalue weighted by Gasteiger charge is 2.28. The van der Waals surface area contributed by atoms with Gasteiger partial charge in [-0.15, -0.1) is 0 Å². The summed E-state index contributed by atoms with van der Waals surface area (Å²) in [6, 6.07) is 7.57.